The molecule has 28 heavy (non-hydrogen) atoms. The van der Waals surface area contributed by atoms with E-state index in [4.69, 9.17) is 23.2 Å². The molecule has 0 saturated carbocycles. The first-order valence-corrected chi connectivity index (χ1v) is 10.3. The molecule has 0 radical (unpaired) electrons. The summed E-state index contributed by atoms with van der Waals surface area (Å²) in [5.41, 5.74) is 1.27. The second-order valence-electron chi connectivity index (χ2n) is 6.23. The Hall–Kier alpha value is -2.16. The van der Waals surface area contributed by atoms with E-state index >= 15 is 0 Å². The van der Waals surface area contributed by atoms with Crippen molar-refractivity contribution >= 4 is 57.4 Å². The fourth-order valence-electron chi connectivity index (χ4n) is 2.74. The van der Waals surface area contributed by atoms with E-state index in [0.29, 0.717) is 10.2 Å². The second kappa shape index (κ2) is 9.36. The van der Waals surface area contributed by atoms with E-state index in [9.17, 15) is 14.4 Å². The van der Waals surface area contributed by atoms with Crippen LogP contribution < -0.4 is 16.0 Å². The molecule has 0 bridgehead atoms. The fraction of sp³-hybridized carbons (Fsp3) is 0.333. The van der Waals surface area contributed by atoms with Crippen molar-refractivity contribution in [2.24, 2.45) is 0 Å². The molecule has 1 aliphatic carbocycles. The molecule has 0 spiro atoms. The predicted molar refractivity (Wildman–Crippen MR) is 109 cm³/mol. The van der Waals surface area contributed by atoms with Gasteiger partial charge in [-0.25, -0.2) is 4.98 Å². The summed E-state index contributed by atoms with van der Waals surface area (Å²) in [6, 6.07) is 4.45. The predicted octanol–water partition coefficient (Wildman–Crippen LogP) is 2.81. The third-order valence-corrected chi connectivity index (χ3v) is 5.74. The summed E-state index contributed by atoms with van der Waals surface area (Å²) < 4.78 is 0. The SMILES string of the molecule is O=C(CNC(=O)c1ccc(Cl)cc1Cl)NCC(=O)Nc1nc2c(s1)CCCC2. The third-order valence-electron chi connectivity index (χ3n) is 4.12. The molecule has 2 aromatic rings. The van der Waals surface area contributed by atoms with Crippen LogP contribution in [0.15, 0.2) is 18.2 Å². The maximum Gasteiger partial charge on any atom is 0.253 e. The van der Waals surface area contributed by atoms with Gasteiger partial charge in [0.2, 0.25) is 11.8 Å². The van der Waals surface area contributed by atoms with Crippen molar-refractivity contribution in [2.45, 2.75) is 25.7 Å². The van der Waals surface area contributed by atoms with Crippen LogP contribution in [0, 0.1) is 0 Å². The summed E-state index contributed by atoms with van der Waals surface area (Å²) in [5, 5.41) is 8.74. The number of hydrogen-bond donors (Lipinski definition) is 3. The topological polar surface area (TPSA) is 100 Å². The maximum atomic E-state index is 12.1. The minimum absolute atomic E-state index is 0.191. The zero-order valence-corrected chi connectivity index (χ0v) is 17.1. The van der Waals surface area contributed by atoms with Crippen molar-refractivity contribution in [1.82, 2.24) is 15.6 Å². The number of amides is 3. The zero-order valence-electron chi connectivity index (χ0n) is 14.8. The molecule has 0 unspecified atom stereocenters. The van der Waals surface area contributed by atoms with Gasteiger partial charge in [-0.1, -0.05) is 23.2 Å². The highest BCUT2D eigenvalue weighted by molar-refractivity contribution is 7.15. The third kappa shape index (κ3) is 5.43. The van der Waals surface area contributed by atoms with E-state index in [2.05, 4.69) is 20.9 Å². The first-order valence-electron chi connectivity index (χ1n) is 8.71. The summed E-state index contributed by atoms with van der Waals surface area (Å²) in [7, 11) is 0. The van der Waals surface area contributed by atoms with Crippen LogP contribution in [0.2, 0.25) is 10.0 Å². The Morgan fingerprint density at radius 3 is 2.54 bits per heavy atom. The minimum Gasteiger partial charge on any atom is -0.345 e. The van der Waals surface area contributed by atoms with Gasteiger partial charge in [0.25, 0.3) is 5.91 Å². The molecular formula is C18H18Cl2N4O3S. The van der Waals surface area contributed by atoms with Gasteiger partial charge in [-0.15, -0.1) is 11.3 Å². The molecule has 10 heteroatoms. The molecule has 0 aliphatic heterocycles. The number of carbonyl (C=O) groups is 3. The van der Waals surface area contributed by atoms with Gasteiger partial charge in [0, 0.05) is 9.90 Å². The molecule has 1 aromatic heterocycles. The molecule has 3 N–H and O–H groups in total. The van der Waals surface area contributed by atoms with Crippen LogP contribution in [-0.2, 0) is 22.4 Å². The lowest BCUT2D eigenvalue weighted by molar-refractivity contribution is -0.123. The largest absolute Gasteiger partial charge is 0.345 e. The monoisotopic (exact) mass is 440 g/mol. The van der Waals surface area contributed by atoms with Crippen LogP contribution in [0.5, 0.6) is 0 Å². The lowest BCUT2D eigenvalue weighted by Gasteiger charge is -2.08. The number of anilines is 1. The first kappa shape index (κ1) is 20.6. The number of aryl methyl sites for hydroxylation is 2. The van der Waals surface area contributed by atoms with Gasteiger partial charge in [0.15, 0.2) is 5.13 Å². The van der Waals surface area contributed by atoms with Crippen molar-refractivity contribution in [3.05, 3.63) is 44.4 Å². The summed E-state index contributed by atoms with van der Waals surface area (Å²) in [4.78, 5) is 41.5. The molecule has 7 nitrogen and oxygen atoms in total. The lowest BCUT2D eigenvalue weighted by Crippen LogP contribution is -2.40. The molecule has 0 saturated heterocycles. The van der Waals surface area contributed by atoms with E-state index < -0.39 is 11.8 Å². The fourth-order valence-corrected chi connectivity index (χ4v) is 4.30. The number of fused-ring (bicyclic) bond motifs is 1. The highest BCUT2D eigenvalue weighted by Crippen LogP contribution is 2.29. The average molecular weight is 441 g/mol. The van der Waals surface area contributed by atoms with E-state index in [0.717, 1.165) is 31.4 Å². The standard InChI is InChI=1S/C18H18Cl2N4O3S/c19-10-5-6-11(12(20)7-10)17(27)22-8-15(25)21-9-16(26)24-18-23-13-3-1-2-4-14(13)28-18/h5-7H,1-4,8-9H2,(H,21,25)(H,22,27)(H,23,24,26). The highest BCUT2D eigenvalue weighted by Gasteiger charge is 2.17. The Bertz CT molecular complexity index is 893. The maximum absolute atomic E-state index is 12.1. The van der Waals surface area contributed by atoms with Gasteiger partial charge in [0.1, 0.15) is 0 Å². The van der Waals surface area contributed by atoms with Crippen molar-refractivity contribution in [2.75, 3.05) is 18.4 Å². The molecule has 0 atom stereocenters. The Labute approximate surface area is 175 Å². The molecule has 1 aromatic carbocycles. The summed E-state index contributed by atoms with van der Waals surface area (Å²) in [6.07, 6.45) is 4.20. The Morgan fingerprint density at radius 2 is 1.79 bits per heavy atom. The van der Waals surface area contributed by atoms with Crippen LogP contribution in [0.3, 0.4) is 0 Å². The smallest absolute Gasteiger partial charge is 0.253 e. The van der Waals surface area contributed by atoms with Gasteiger partial charge in [-0.05, 0) is 43.9 Å². The molecule has 3 rings (SSSR count). The molecular weight excluding hydrogens is 423 g/mol. The number of halogens is 2. The summed E-state index contributed by atoms with van der Waals surface area (Å²) >= 11 is 13.2. The van der Waals surface area contributed by atoms with Gasteiger partial charge in [0.05, 0.1) is 29.4 Å². The number of benzene rings is 1. The Morgan fingerprint density at radius 1 is 1.04 bits per heavy atom. The van der Waals surface area contributed by atoms with Crippen molar-refractivity contribution in [1.29, 1.82) is 0 Å². The van der Waals surface area contributed by atoms with Gasteiger partial charge < -0.3 is 16.0 Å². The molecule has 148 valence electrons. The zero-order chi connectivity index (χ0) is 20.1. The Balaban J connectivity index is 1.41. The Kier molecular flexibility index (Phi) is 6.88. The summed E-state index contributed by atoms with van der Waals surface area (Å²) in [5.74, 6) is -1.37. The van der Waals surface area contributed by atoms with E-state index in [1.807, 2.05) is 0 Å². The van der Waals surface area contributed by atoms with Crippen LogP contribution in [0.4, 0.5) is 5.13 Å². The number of aromatic nitrogens is 1. The highest BCUT2D eigenvalue weighted by atomic mass is 35.5. The van der Waals surface area contributed by atoms with Crippen molar-refractivity contribution in [3.63, 3.8) is 0 Å². The van der Waals surface area contributed by atoms with Crippen molar-refractivity contribution in [3.8, 4) is 0 Å². The molecule has 1 aliphatic rings. The normalized spacial score (nSPS) is 12.8. The molecule has 1 heterocycles. The number of nitrogens with one attached hydrogen (secondary N) is 3. The quantitative estimate of drug-likeness (QED) is 0.642. The molecule has 0 fully saturated rings. The lowest BCUT2D eigenvalue weighted by atomic mass is 10.0. The van der Waals surface area contributed by atoms with Gasteiger partial charge in [-0.3, -0.25) is 14.4 Å². The van der Waals surface area contributed by atoms with Crippen LogP contribution in [-0.4, -0.2) is 35.8 Å². The first-order chi connectivity index (χ1) is 13.4. The van der Waals surface area contributed by atoms with E-state index in [-0.39, 0.29) is 29.6 Å². The number of nitrogens with zero attached hydrogens (tertiary/aromatic N) is 1. The number of hydrogen-bond acceptors (Lipinski definition) is 5. The van der Waals surface area contributed by atoms with Crippen molar-refractivity contribution < 1.29 is 14.4 Å². The van der Waals surface area contributed by atoms with E-state index in [1.165, 1.54) is 34.4 Å². The van der Waals surface area contributed by atoms with E-state index in [1.54, 1.807) is 0 Å². The van der Waals surface area contributed by atoms with Crippen LogP contribution >= 0.6 is 34.5 Å². The average Bonchev–Trinajstić information content (AvgIpc) is 3.06. The van der Waals surface area contributed by atoms with Gasteiger partial charge >= 0.3 is 0 Å². The minimum atomic E-state index is -0.505. The van der Waals surface area contributed by atoms with Crippen LogP contribution in [0.25, 0.3) is 0 Å². The number of carbonyl (C=O) groups excluding carboxylic acids is 3. The van der Waals surface area contributed by atoms with Crippen LogP contribution in [0.1, 0.15) is 33.8 Å². The molecule has 3 amide bonds. The van der Waals surface area contributed by atoms with Gasteiger partial charge in [-0.2, -0.15) is 0 Å². The number of rotatable bonds is 6. The second-order valence-corrected chi connectivity index (χ2v) is 8.16. The number of thiazole rings is 1. The summed E-state index contributed by atoms with van der Waals surface area (Å²) in [6.45, 7) is -0.489.